The fraction of sp³-hybridized carbons (Fsp3) is 0.393. The van der Waals surface area contributed by atoms with Gasteiger partial charge in [-0.25, -0.2) is 0 Å². The topological polar surface area (TPSA) is 111 Å². The van der Waals surface area contributed by atoms with E-state index in [0.717, 1.165) is 48.7 Å². The summed E-state index contributed by atoms with van der Waals surface area (Å²) < 4.78 is 10.7. The highest BCUT2D eigenvalue weighted by atomic mass is 16.5. The first-order valence-electron chi connectivity index (χ1n) is 12.4. The van der Waals surface area contributed by atoms with Crippen LogP contribution in [0, 0.1) is 11.5 Å². The number of nitriles is 1. The zero-order valence-electron chi connectivity index (χ0n) is 22.2. The van der Waals surface area contributed by atoms with Crippen LogP contribution in [0.5, 0.6) is 11.5 Å². The second kappa shape index (κ2) is 16.6. The molecule has 1 amide bonds. The monoisotopic (exact) mass is 506 g/mol. The lowest BCUT2D eigenvalue weighted by Crippen LogP contribution is -2.28. The van der Waals surface area contributed by atoms with Gasteiger partial charge in [0.2, 0.25) is 11.9 Å². The normalized spacial score (nSPS) is 11.3. The number of benzene rings is 2. The van der Waals surface area contributed by atoms with E-state index in [1.807, 2.05) is 67.7 Å². The van der Waals surface area contributed by atoms with Crippen LogP contribution >= 0.6 is 0 Å². The quantitative estimate of drug-likeness (QED) is 0.118. The Morgan fingerprint density at radius 2 is 1.81 bits per heavy atom. The number of nitrogens with zero attached hydrogens (tertiary/aromatic N) is 3. The van der Waals surface area contributed by atoms with E-state index in [9.17, 15) is 4.79 Å². The first kappa shape index (κ1) is 29.2. The molecule has 9 heteroatoms. The van der Waals surface area contributed by atoms with Crippen molar-refractivity contribution in [2.45, 2.75) is 26.2 Å². The summed E-state index contributed by atoms with van der Waals surface area (Å²) in [6, 6.07) is 13.6. The lowest BCUT2D eigenvalue weighted by atomic mass is 10.1. The van der Waals surface area contributed by atoms with Crippen molar-refractivity contribution in [2.75, 3.05) is 52.8 Å². The van der Waals surface area contributed by atoms with Crippen LogP contribution < -0.4 is 25.4 Å². The minimum atomic E-state index is 0.00339. The van der Waals surface area contributed by atoms with Crippen molar-refractivity contribution in [3.8, 4) is 17.7 Å². The Kier molecular flexibility index (Phi) is 13.1. The van der Waals surface area contributed by atoms with Gasteiger partial charge in [-0.3, -0.25) is 15.1 Å². The Hall–Kier alpha value is -4.03. The molecule has 37 heavy (non-hydrogen) atoms. The molecule has 0 aliphatic rings. The van der Waals surface area contributed by atoms with Crippen molar-refractivity contribution in [3.63, 3.8) is 0 Å². The molecule has 2 rings (SSSR count). The smallest absolute Gasteiger partial charge is 0.223 e. The predicted octanol–water partition coefficient (Wildman–Crippen LogP) is 3.65. The molecule has 0 fully saturated rings. The third-order valence-electron chi connectivity index (χ3n) is 5.51. The average Bonchev–Trinajstić information content (AvgIpc) is 2.91. The van der Waals surface area contributed by atoms with Gasteiger partial charge in [0, 0.05) is 37.8 Å². The summed E-state index contributed by atoms with van der Waals surface area (Å²) >= 11 is 0. The fourth-order valence-electron chi connectivity index (χ4n) is 3.53. The van der Waals surface area contributed by atoms with Crippen LogP contribution in [0.1, 0.15) is 30.9 Å². The van der Waals surface area contributed by atoms with Gasteiger partial charge in [0.15, 0.2) is 6.19 Å². The number of likely N-dealkylation sites (N-methyl/N-ethyl adjacent to an activating group) is 1. The number of ether oxygens (including phenoxy) is 2. The summed E-state index contributed by atoms with van der Waals surface area (Å²) in [5.74, 6) is 2.00. The minimum absolute atomic E-state index is 0.00339. The number of nitrogens with one attached hydrogen (secondary N) is 3. The first-order chi connectivity index (χ1) is 18.0. The summed E-state index contributed by atoms with van der Waals surface area (Å²) in [5.41, 5.74) is 2.97. The molecule has 0 saturated heterocycles. The largest absolute Gasteiger partial charge is 0.497 e. The minimum Gasteiger partial charge on any atom is -0.497 e. The maximum absolute atomic E-state index is 12.2. The number of amides is 1. The van der Waals surface area contributed by atoms with Gasteiger partial charge in [-0.05, 0) is 68.8 Å². The molecular formula is C28H38N6O3. The van der Waals surface area contributed by atoms with Gasteiger partial charge in [-0.15, -0.1) is 0 Å². The van der Waals surface area contributed by atoms with E-state index in [1.165, 1.54) is 5.56 Å². The van der Waals surface area contributed by atoms with Crippen LogP contribution in [-0.4, -0.2) is 64.2 Å². The van der Waals surface area contributed by atoms with E-state index in [4.69, 9.17) is 14.7 Å². The lowest BCUT2D eigenvalue weighted by Gasteiger charge is -2.17. The molecule has 0 radical (unpaired) electrons. The number of guanidine groups is 1. The fourth-order valence-corrected chi connectivity index (χ4v) is 3.53. The molecule has 0 spiro atoms. The highest BCUT2D eigenvalue weighted by Crippen LogP contribution is 2.22. The molecular weight excluding hydrogens is 468 g/mol. The van der Waals surface area contributed by atoms with Gasteiger partial charge in [0.1, 0.15) is 11.5 Å². The van der Waals surface area contributed by atoms with Gasteiger partial charge in [0.05, 0.1) is 14.2 Å². The number of carbonyl (C=O) groups is 1. The van der Waals surface area contributed by atoms with Crippen LogP contribution in [0.2, 0.25) is 0 Å². The summed E-state index contributed by atoms with van der Waals surface area (Å²) in [5, 5.41) is 17.3. The standard InChI is InChI=1S/C28H38N6O3/c1-5-30-28(32-21-29)33-24-12-10-22(11-13-24)8-6-9-27(35)31-15-7-16-34(2)17-14-23-18-25(36-3)20-26(19-23)37-4/h6,8,10-13,18-20H,5,7,9,14-17H2,1-4H3,(H,31,35)(H2,30,32,33). The van der Waals surface area contributed by atoms with Gasteiger partial charge in [0.25, 0.3) is 0 Å². The molecule has 0 saturated carbocycles. The van der Waals surface area contributed by atoms with Crippen LogP contribution in [0.3, 0.4) is 0 Å². The predicted molar refractivity (Wildman–Crippen MR) is 149 cm³/mol. The summed E-state index contributed by atoms with van der Waals surface area (Å²) in [7, 11) is 5.39. The Labute approximate surface area is 220 Å². The molecule has 198 valence electrons. The molecule has 0 aliphatic heterocycles. The molecule has 0 aliphatic carbocycles. The van der Waals surface area contributed by atoms with Crippen molar-refractivity contribution in [1.29, 1.82) is 5.26 Å². The Morgan fingerprint density at radius 3 is 2.43 bits per heavy atom. The number of hydrogen-bond donors (Lipinski definition) is 3. The second-order valence-electron chi connectivity index (χ2n) is 8.39. The zero-order chi connectivity index (χ0) is 26.9. The Morgan fingerprint density at radius 1 is 1.11 bits per heavy atom. The lowest BCUT2D eigenvalue weighted by molar-refractivity contribution is -0.120. The van der Waals surface area contributed by atoms with E-state index < -0.39 is 0 Å². The van der Waals surface area contributed by atoms with Crippen molar-refractivity contribution < 1.29 is 14.3 Å². The molecule has 2 aromatic rings. The SMILES string of the molecule is CCN=C(NC#N)Nc1ccc(C=CCC(=O)NCCCN(C)CCc2cc(OC)cc(OC)c2)cc1. The van der Waals surface area contributed by atoms with Gasteiger partial charge in [-0.1, -0.05) is 24.3 Å². The molecule has 3 N–H and O–H groups in total. The van der Waals surface area contributed by atoms with Gasteiger partial charge < -0.3 is 25.0 Å². The molecule has 0 atom stereocenters. The number of hydrogen-bond acceptors (Lipinski definition) is 6. The van der Waals surface area contributed by atoms with E-state index in [2.05, 4.69) is 32.9 Å². The molecule has 0 bridgehead atoms. The first-order valence-corrected chi connectivity index (χ1v) is 12.4. The van der Waals surface area contributed by atoms with Crippen molar-refractivity contribution >= 4 is 23.6 Å². The van der Waals surface area contributed by atoms with Crippen LogP contribution in [0.15, 0.2) is 53.5 Å². The number of aliphatic imine (C=N–C) groups is 1. The van der Waals surface area contributed by atoms with E-state index >= 15 is 0 Å². The number of anilines is 1. The highest BCUT2D eigenvalue weighted by Gasteiger charge is 2.05. The third-order valence-corrected chi connectivity index (χ3v) is 5.51. The summed E-state index contributed by atoms with van der Waals surface area (Å²) in [6.45, 7) is 4.90. The van der Waals surface area contributed by atoms with Crippen LogP contribution in [0.25, 0.3) is 6.08 Å². The van der Waals surface area contributed by atoms with Gasteiger partial charge in [-0.2, -0.15) is 5.26 Å². The second-order valence-corrected chi connectivity index (χ2v) is 8.39. The molecule has 0 heterocycles. The van der Waals surface area contributed by atoms with E-state index in [1.54, 1.807) is 14.2 Å². The number of carbonyl (C=O) groups excluding carboxylic acids is 1. The number of methoxy groups -OCH3 is 2. The van der Waals surface area contributed by atoms with E-state index in [-0.39, 0.29) is 5.91 Å². The van der Waals surface area contributed by atoms with Crippen molar-refractivity contribution in [3.05, 3.63) is 59.7 Å². The van der Waals surface area contributed by atoms with Crippen LogP contribution in [0.4, 0.5) is 5.69 Å². The number of rotatable bonds is 14. The van der Waals surface area contributed by atoms with Crippen molar-refractivity contribution in [2.24, 2.45) is 4.99 Å². The molecule has 2 aromatic carbocycles. The van der Waals surface area contributed by atoms with Crippen LogP contribution in [-0.2, 0) is 11.2 Å². The maximum atomic E-state index is 12.2. The molecule has 0 unspecified atom stereocenters. The zero-order valence-corrected chi connectivity index (χ0v) is 22.2. The third kappa shape index (κ3) is 11.5. The average molecular weight is 507 g/mol. The van der Waals surface area contributed by atoms with Crippen molar-refractivity contribution in [1.82, 2.24) is 15.5 Å². The van der Waals surface area contributed by atoms with Gasteiger partial charge >= 0.3 is 0 Å². The molecule has 9 nitrogen and oxygen atoms in total. The highest BCUT2D eigenvalue weighted by molar-refractivity contribution is 5.94. The molecule has 0 aromatic heterocycles. The maximum Gasteiger partial charge on any atom is 0.223 e. The summed E-state index contributed by atoms with van der Waals surface area (Å²) in [6.07, 6.45) is 7.73. The Bertz CT molecular complexity index is 1050. The summed E-state index contributed by atoms with van der Waals surface area (Å²) in [4.78, 5) is 18.6. The van der Waals surface area contributed by atoms with E-state index in [0.29, 0.717) is 25.5 Å². The Balaban J connectivity index is 1.65.